The highest BCUT2D eigenvalue weighted by Gasteiger charge is 2.35. The Morgan fingerprint density at radius 1 is 0.142 bits per heavy atom. The van der Waals surface area contributed by atoms with Gasteiger partial charge in [0.15, 0.2) is 0 Å². The Morgan fingerprint density at radius 2 is 0.326 bits per heavy atom. The Hall–Kier alpha value is -14.6. The first-order chi connectivity index (χ1) is 68.0. The molecule has 0 saturated carbocycles. The molecule has 0 bridgehead atoms. The van der Waals surface area contributed by atoms with Gasteiger partial charge in [0.2, 0.25) is 0 Å². The van der Waals surface area contributed by atoms with Crippen molar-refractivity contribution in [3.8, 4) is 134 Å². The van der Waals surface area contributed by atoms with Gasteiger partial charge in [0.05, 0.1) is 0 Å². The molecule has 0 heteroatoms. The first kappa shape index (κ1) is 91.5. The van der Waals surface area contributed by atoms with Crippen molar-refractivity contribution in [1.29, 1.82) is 0 Å². The molecule has 4 aliphatic carbocycles. The fourth-order valence-corrected chi connectivity index (χ4v) is 25.7. The van der Waals surface area contributed by atoms with Crippen LogP contribution in [-0.2, 0) is 19.3 Å². The summed E-state index contributed by atoms with van der Waals surface area (Å²) in [7, 11) is 0. The first-order valence-electron chi connectivity index (χ1n) is 51.3. The van der Waals surface area contributed by atoms with Gasteiger partial charge in [-0.3, -0.25) is 0 Å². The standard InChI is InChI=1S/C53H48.C47H42.C41H38/c1-30-32(3)36(7)50-48(34(30)5)52(42-24-23-41-25-40-21-15-16-22-46(40)47(41)29-42)49-35(6)31(2)33(4)37(8)51(49)53(50)45-27-43(38-17-11-9-12-18-38)26-44(28-45)39-19-13-10-14-20-39;1-26-28(3)32(7)44-42(30(26)5)46(36-20-18-35(19-21-36)34-14-10-9-11-15-34)43-31(6)27(2)29(4)33(8)45(43)47(44)39-23-22-38-24-37-16-12-13-17-40(37)41(38)25-39;1-22-24(3)28(7)38-36(26(22)5)40(30-14-10-9-11-15-30)37-27(6)23(2)25(4)29(8)39(37)41(38)33-19-18-32-20-31-16-12-13-17-34(31)35(32)21-33/h9-24,26-30,32H,25H2,1-8H3;9-23,25H,24H2,1-8H3;9-19,21H,20H2,1-8H3. The predicted molar refractivity (Wildman–Crippen MR) is 611 cm³/mol. The summed E-state index contributed by atoms with van der Waals surface area (Å²) in [5, 5.41) is 16.9. The minimum atomic E-state index is 0.428. The van der Waals surface area contributed by atoms with Gasteiger partial charge < -0.3 is 0 Å². The topological polar surface area (TPSA) is 0 Å². The highest BCUT2D eigenvalue weighted by molar-refractivity contribution is 6.28. The smallest absolute Gasteiger partial charge is 0.00134 e. The van der Waals surface area contributed by atoms with Crippen molar-refractivity contribution >= 4 is 65.0 Å². The SMILES string of the molecule is CC1=c2c(-c3cc(-c4ccccc4)cc(-c4ccccc4)c3)c3c(C)c(C)c(C)c(C)c3c(-c3ccc4c(c3)-c3ccccc3C4)c2=C(C)C(C)C1C.Cc1c(C)c(C)c2c(-c3ccc4c(c3)-c3ccccc3C4)c3c(C)c(C)c(C)c(C)c3c(-c3ccc(-c4ccccc4)cc3)c2c1C.Cc1c(C)c(C)c2c(-c3ccc4c(c3)-c3ccccc3C4)c3c(C)c(C)c(C)c(C)c3c(-c3ccccc3)c2c1C. The van der Waals surface area contributed by atoms with Crippen molar-refractivity contribution in [3.63, 3.8) is 0 Å². The molecule has 141 heavy (non-hydrogen) atoms. The molecule has 0 amide bonds. The van der Waals surface area contributed by atoms with Crippen LogP contribution < -0.4 is 10.4 Å². The molecule has 24 rings (SSSR count). The number of fused-ring (bicyclic) bond motifs is 15. The van der Waals surface area contributed by atoms with E-state index in [1.54, 1.807) is 0 Å². The monoisotopic (exact) mass is 1820 g/mol. The van der Waals surface area contributed by atoms with Crippen molar-refractivity contribution in [3.05, 3.63) is 446 Å². The summed E-state index contributed by atoms with van der Waals surface area (Å²) in [5.41, 5.74) is 71.4. The third-order valence-electron chi connectivity index (χ3n) is 35.6. The normalized spacial score (nSPS) is 13.7. The number of benzene rings is 20. The van der Waals surface area contributed by atoms with Crippen LogP contribution in [0, 0.1) is 150 Å². The Labute approximate surface area is 836 Å². The molecule has 20 aromatic carbocycles. The van der Waals surface area contributed by atoms with E-state index in [9.17, 15) is 0 Å². The average Bonchev–Trinajstić information content (AvgIpc) is 1.39. The zero-order valence-electron chi connectivity index (χ0n) is 87.0. The van der Waals surface area contributed by atoms with Crippen LogP contribution in [0.3, 0.4) is 0 Å². The molecule has 0 fully saturated rings. The molecule has 0 aliphatic heterocycles. The molecule has 2 unspecified atom stereocenters. The third-order valence-corrected chi connectivity index (χ3v) is 35.6. The summed E-state index contributed by atoms with van der Waals surface area (Å²) in [4.78, 5) is 0. The second kappa shape index (κ2) is 35.3. The quantitative estimate of drug-likeness (QED) is 0.126. The van der Waals surface area contributed by atoms with Gasteiger partial charge in [-0.25, -0.2) is 0 Å². The van der Waals surface area contributed by atoms with E-state index in [1.807, 2.05) is 0 Å². The summed E-state index contributed by atoms with van der Waals surface area (Å²) in [6.45, 7) is 56.4. The summed E-state index contributed by atoms with van der Waals surface area (Å²) in [6.07, 6.45) is 3.04. The number of hydrogen-bond donors (Lipinski definition) is 0. The van der Waals surface area contributed by atoms with Crippen LogP contribution >= 0.6 is 0 Å². The van der Waals surface area contributed by atoms with E-state index in [1.165, 1.54) is 354 Å². The molecule has 0 heterocycles. The molecule has 20 aromatic rings. The van der Waals surface area contributed by atoms with Gasteiger partial charge >= 0.3 is 0 Å². The van der Waals surface area contributed by atoms with Crippen LogP contribution in [0.2, 0.25) is 0 Å². The predicted octanol–water partition coefficient (Wildman–Crippen LogP) is 37.3. The van der Waals surface area contributed by atoms with E-state index in [0.29, 0.717) is 11.8 Å². The van der Waals surface area contributed by atoms with Crippen LogP contribution in [0.1, 0.15) is 172 Å². The molecular weight excluding hydrogens is 1690 g/mol. The van der Waals surface area contributed by atoms with E-state index < -0.39 is 0 Å². The van der Waals surface area contributed by atoms with Crippen molar-refractivity contribution in [2.75, 3.05) is 0 Å². The maximum Gasteiger partial charge on any atom is -0.00134 e. The zero-order valence-corrected chi connectivity index (χ0v) is 87.0. The zero-order chi connectivity index (χ0) is 98.2. The minimum Gasteiger partial charge on any atom is -0.0622 e. The molecule has 692 valence electrons. The van der Waals surface area contributed by atoms with E-state index >= 15 is 0 Å². The van der Waals surface area contributed by atoms with Gasteiger partial charge in [0.25, 0.3) is 0 Å². The molecule has 0 N–H and O–H groups in total. The summed E-state index contributed by atoms with van der Waals surface area (Å²) in [5.74, 6) is 0.863. The molecule has 0 nitrogen and oxygen atoms in total. The molecule has 4 aliphatic rings. The largest absolute Gasteiger partial charge is 0.0622 e. The number of hydrogen-bond acceptors (Lipinski definition) is 0. The molecule has 2 atom stereocenters. The maximum absolute atomic E-state index is 2.52. The van der Waals surface area contributed by atoms with E-state index in [2.05, 4.69) is 457 Å². The summed E-state index contributed by atoms with van der Waals surface area (Å²) >= 11 is 0. The lowest BCUT2D eigenvalue weighted by Crippen LogP contribution is -2.40. The van der Waals surface area contributed by atoms with Crippen LogP contribution in [0.5, 0.6) is 0 Å². The lowest BCUT2D eigenvalue weighted by atomic mass is 9.72. The van der Waals surface area contributed by atoms with Crippen LogP contribution in [0.15, 0.2) is 291 Å². The van der Waals surface area contributed by atoms with Gasteiger partial charge in [-0.2, -0.15) is 0 Å². The molecular formula is C141H128. The molecule has 0 aromatic heterocycles. The van der Waals surface area contributed by atoms with Gasteiger partial charge in [-0.1, -0.05) is 280 Å². The van der Waals surface area contributed by atoms with Gasteiger partial charge in [-0.15, -0.1) is 0 Å². The molecule has 0 radical (unpaired) electrons. The van der Waals surface area contributed by atoms with Gasteiger partial charge in [-0.05, 0) is 562 Å². The van der Waals surface area contributed by atoms with E-state index in [-0.39, 0.29) is 0 Å². The number of rotatable bonds is 9. The summed E-state index contributed by atoms with van der Waals surface area (Å²) < 4.78 is 0. The molecule has 0 spiro atoms. The van der Waals surface area contributed by atoms with E-state index in [4.69, 9.17) is 0 Å². The highest BCUT2D eigenvalue weighted by Crippen LogP contribution is 2.57. The van der Waals surface area contributed by atoms with Crippen molar-refractivity contribution in [2.24, 2.45) is 11.8 Å². The number of aryl methyl sites for hydroxylation is 10. The average molecular weight is 1820 g/mol. The van der Waals surface area contributed by atoms with Gasteiger partial charge in [0, 0.05) is 0 Å². The molecule has 0 saturated heterocycles. The fraction of sp³-hybridized carbons (Fsp3) is 0.206. The van der Waals surface area contributed by atoms with Crippen molar-refractivity contribution in [2.45, 2.75) is 185 Å². The Morgan fingerprint density at radius 3 is 0.610 bits per heavy atom. The first-order valence-corrected chi connectivity index (χ1v) is 51.3. The lowest BCUT2D eigenvalue weighted by molar-refractivity contribution is 0.570. The minimum absolute atomic E-state index is 0.428. The second-order valence-electron chi connectivity index (χ2n) is 42.2. The van der Waals surface area contributed by atoms with Gasteiger partial charge in [0.1, 0.15) is 0 Å². The third kappa shape index (κ3) is 14.5. The van der Waals surface area contributed by atoms with Crippen LogP contribution in [-0.4, -0.2) is 0 Å². The Kier molecular flexibility index (Phi) is 22.9. The van der Waals surface area contributed by atoms with Crippen LogP contribution in [0.4, 0.5) is 0 Å². The Bertz CT molecular complexity index is 8660. The Balaban J connectivity index is 0.000000122. The maximum atomic E-state index is 2.52. The second-order valence-corrected chi connectivity index (χ2v) is 42.2. The van der Waals surface area contributed by atoms with Crippen molar-refractivity contribution in [1.82, 2.24) is 0 Å². The summed E-state index contributed by atoms with van der Waals surface area (Å²) in [6, 6.07) is 109. The lowest BCUT2D eigenvalue weighted by Gasteiger charge is -2.31. The highest BCUT2D eigenvalue weighted by atomic mass is 14.4. The van der Waals surface area contributed by atoms with Crippen LogP contribution in [0.25, 0.3) is 199 Å². The fourth-order valence-electron chi connectivity index (χ4n) is 25.7. The van der Waals surface area contributed by atoms with E-state index in [0.717, 1.165) is 19.3 Å². The van der Waals surface area contributed by atoms with Crippen molar-refractivity contribution < 1.29 is 0 Å².